The Balaban J connectivity index is 1.82. The van der Waals surface area contributed by atoms with Crippen molar-refractivity contribution in [3.05, 3.63) is 59.9 Å². The predicted molar refractivity (Wildman–Crippen MR) is 68.8 cm³/mol. The number of pyridine rings is 1. The maximum absolute atomic E-state index is 8.77. The molecule has 1 heterocycles. The highest BCUT2D eigenvalue weighted by atomic mass is 16.2. The van der Waals surface area contributed by atoms with Gasteiger partial charge < -0.3 is 10.3 Å². The SMILES string of the molecule is O[B]c1ccc(CNCc2ccccc2)nc1. The van der Waals surface area contributed by atoms with Gasteiger partial charge in [-0.3, -0.25) is 4.98 Å². The zero-order chi connectivity index (χ0) is 11.9. The molecule has 3 nitrogen and oxygen atoms in total. The van der Waals surface area contributed by atoms with Crippen LogP contribution < -0.4 is 10.8 Å². The van der Waals surface area contributed by atoms with Gasteiger partial charge in [0.25, 0.3) is 0 Å². The van der Waals surface area contributed by atoms with Crippen molar-refractivity contribution >= 4 is 12.9 Å². The van der Waals surface area contributed by atoms with Crippen molar-refractivity contribution in [1.82, 2.24) is 10.3 Å². The maximum atomic E-state index is 8.77. The van der Waals surface area contributed by atoms with E-state index in [4.69, 9.17) is 5.02 Å². The van der Waals surface area contributed by atoms with Gasteiger partial charge in [-0.1, -0.05) is 36.4 Å². The molecule has 0 saturated heterocycles. The number of aromatic nitrogens is 1. The molecule has 0 bridgehead atoms. The fourth-order valence-electron chi connectivity index (χ4n) is 1.55. The van der Waals surface area contributed by atoms with Crippen LogP contribution in [0.3, 0.4) is 0 Å². The predicted octanol–water partition coefficient (Wildman–Crippen LogP) is 0.608. The van der Waals surface area contributed by atoms with Crippen LogP contribution in [0.4, 0.5) is 0 Å². The zero-order valence-corrected chi connectivity index (χ0v) is 9.50. The highest BCUT2D eigenvalue weighted by Crippen LogP contribution is 1.98. The first kappa shape index (κ1) is 11.8. The van der Waals surface area contributed by atoms with Gasteiger partial charge in [-0.05, 0) is 17.1 Å². The summed E-state index contributed by atoms with van der Waals surface area (Å²) in [6.07, 6.45) is 1.65. The molecule has 2 aromatic rings. The Hall–Kier alpha value is -1.65. The molecule has 0 aliphatic carbocycles. The standard InChI is InChI=1S/C13H14BN2O/c17-14-12-6-7-13(16-9-12)10-15-8-11-4-2-1-3-5-11/h1-7,9,15,17H,8,10H2. The molecule has 0 atom stereocenters. The van der Waals surface area contributed by atoms with E-state index in [2.05, 4.69) is 22.4 Å². The van der Waals surface area contributed by atoms with E-state index < -0.39 is 0 Å². The minimum atomic E-state index is 0.719. The minimum Gasteiger partial charge on any atom is -0.450 e. The van der Waals surface area contributed by atoms with Crippen LogP contribution in [-0.4, -0.2) is 17.5 Å². The summed E-state index contributed by atoms with van der Waals surface area (Å²) < 4.78 is 0. The molecule has 0 aliphatic heterocycles. The molecule has 1 radical (unpaired) electrons. The number of hydrogen-bond acceptors (Lipinski definition) is 3. The zero-order valence-electron chi connectivity index (χ0n) is 9.50. The van der Waals surface area contributed by atoms with Gasteiger partial charge in [0.05, 0.1) is 5.69 Å². The first-order chi connectivity index (χ1) is 8.38. The van der Waals surface area contributed by atoms with Gasteiger partial charge in [0.15, 0.2) is 0 Å². The highest BCUT2D eigenvalue weighted by molar-refractivity contribution is 6.45. The smallest absolute Gasteiger partial charge is 0.328 e. The summed E-state index contributed by atoms with van der Waals surface area (Å²) >= 11 is 0. The lowest BCUT2D eigenvalue weighted by molar-refractivity contribution is 0.615. The third kappa shape index (κ3) is 3.69. The van der Waals surface area contributed by atoms with E-state index in [9.17, 15) is 0 Å². The number of nitrogens with one attached hydrogen (secondary N) is 1. The topological polar surface area (TPSA) is 45.1 Å². The average Bonchev–Trinajstić information content (AvgIpc) is 2.41. The molecule has 1 aromatic carbocycles. The van der Waals surface area contributed by atoms with Gasteiger partial charge in [-0.2, -0.15) is 0 Å². The molecule has 0 amide bonds. The number of benzene rings is 1. The van der Waals surface area contributed by atoms with Crippen LogP contribution in [0.25, 0.3) is 0 Å². The number of hydrogen-bond donors (Lipinski definition) is 2. The van der Waals surface area contributed by atoms with E-state index in [-0.39, 0.29) is 0 Å². The molecule has 0 spiro atoms. The van der Waals surface area contributed by atoms with Crippen LogP contribution in [-0.2, 0) is 13.1 Å². The van der Waals surface area contributed by atoms with E-state index in [1.165, 1.54) is 5.56 Å². The second-order valence-electron chi connectivity index (χ2n) is 3.80. The van der Waals surface area contributed by atoms with Crippen molar-refractivity contribution in [2.24, 2.45) is 0 Å². The molecule has 0 unspecified atom stereocenters. The number of rotatable bonds is 5. The average molecular weight is 225 g/mol. The van der Waals surface area contributed by atoms with Crippen molar-refractivity contribution < 1.29 is 5.02 Å². The van der Waals surface area contributed by atoms with Crippen LogP contribution >= 0.6 is 0 Å². The van der Waals surface area contributed by atoms with E-state index in [1.807, 2.05) is 30.3 Å². The van der Waals surface area contributed by atoms with Crippen LogP contribution in [0.2, 0.25) is 0 Å². The molecule has 4 heteroatoms. The van der Waals surface area contributed by atoms with E-state index in [0.717, 1.165) is 31.7 Å². The van der Waals surface area contributed by atoms with Gasteiger partial charge in [-0.15, -0.1) is 0 Å². The number of nitrogens with zero attached hydrogens (tertiary/aromatic N) is 1. The summed E-state index contributed by atoms with van der Waals surface area (Å²) in [4.78, 5) is 4.23. The van der Waals surface area contributed by atoms with Crippen molar-refractivity contribution in [3.63, 3.8) is 0 Å². The van der Waals surface area contributed by atoms with E-state index in [1.54, 1.807) is 6.20 Å². The fourth-order valence-corrected chi connectivity index (χ4v) is 1.55. The lowest BCUT2D eigenvalue weighted by atomic mass is 9.91. The molecular formula is C13H14BN2O. The minimum absolute atomic E-state index is 0.719. The Labute approximate surface area is 102 Å². The van der Waals surface area contributed by atoms with Gasteiger partial charge >= 0.3 is 7.48 Å². The van der Waals surface area contributed by atoms with Gasteiger partial charge in [-0.25, -0.2) is 0 Å². The molecule has 0 fully saturated rings. The molecule has 1 aromatic heterocycles. The van der Waals surface area contributed by atoms with Crippen LogP contribution in [0, 0.1) is 0 Å². The Bertz CT molecular complexity index is 445. The van der Waals surface area contributed by atoms with Crippen LogP contribution in [0.1, 0.15) is 11.3 Å². The van der Waals surface area contributed by atoms with Gasteiger partial charge in [0.1, 0.15) is 0 Å². The molecule has 17 heavy (non-hydrogen) atoms. The lowest BCUT2D eigenvalue weighted by Gasteiger charge is -2.04. The van der Waals surface area contributed by atoms with Crippen molar-refractivity contribution in [2.45, 2.75) is 13.1 Å². The van der Waals surface area contributed by atoms with Crippen LogP contribution in [0.5, 0.6) is 0 Å². The van der Waals surface area contributed by atoms with Crippen molar-refractivity contribution in [2.75, 3.05) is 0 Å². The third-order valence-corrected chi connectivity index (χ3v) is 2.47. The summed E-state index contributed by atoms with van der Waals surface area (Å²) in [6.45, 7) is 1.55. The Morgan fingerprint density at radius 1 is 1.06 bits per heavy atom. The lowest BCUT2D eigenvalue weighted by Crippen LogP contribution is -2.17. The van der Waals surface area contributed by atoms with E-state index in [0.29, 0.717) is 0 Å². The molecule has 85 valence electrons. The first-order valence-corrected chi connectivity index (χ1v) is 5.55. The fraction of sp³-hybridized carbons (Fsp3) is 0.154. The molecule has 0 aliphatic rings. The summed E-state index contributed by atoms with van der Waals surface area (Å²) in [5.74, 6) is 0. The third-order valence-electron chi connectivity index (χ3n) is 2.47. The normalized spacial score (nSPS) is 10.2. The Kier molecular flexibility index (Phi) is 4.30. The Morgan fingerprint density at radius 3 is 2.53 bits per heavy atom. The van der Waals surface area contributed by atoms with E-state index >= 15 is 0 Å². The Morgan fingerprint density at radius 2 is 1.88 bits per heavy atom. The monoisotopic (exact) mass is 225 g/mol. The van der Waals surface area contributed by atoms with Crippen molar-refractivity contribution in [1.29, 1.82) is 0 Å². The van der Waals surface area contributed by atoms with Crippen molar-refractivity contribution in [3.8, 4) is 0 Å². The van der Waals surface area contributed by atoms with Crippen LogP contribution in [0.15, 0.2) is 48.7 Å². The largest absolute Gasteiger partial charge is 0.450 e. The molecule has 2 N–H and O–H groups in total. The summed E-state index contributed by atoms with van der Waals surface area (Å²) in [5.41, 5.74) is 2.94. The first-order valence-electron chi connectivity index (χ1n) is 5.55. The quantitative estimate of drug-likeness (QED) is 0.732. The summed E-state index contributed by atoms with van der Waals surface area (Å²) in [5, 5.41) is 12.1. The molecular weight excluding hydrogens is 211 g/mol. The maximum Gasteiger partial charge on any atom is 0.328 e. The van der Waals surface area contributed by atoms with Gasteiger partial charge in [0, 0.05) is 19.3 Å². The second kappa shape index (κ2) is 6.18. The second-order valence-corrected chi connectivity index (χ2v) is 3.80. The molecule has 2 rings (SSSR count). The highest BCUT2D eigenvalue weighted by Gasteiger charge is 1.97. The summed E-state index contributed by atoms with van der Waals surface area (Å²) in [7, 11) is 1.05. The van der Waals surface area contributed by atoms with Gasteiger partial charge in [0.2, 0.25) is 0 Å². The molecule has 0 saturated carbocycles. The summed E-state index contributed by atoms with van der Waals surface area (Å²) in [6, 6.07) is 14.0.